The lowest BCUT2D eigenvalue weighted by Gasteiger charge is -1.95. The Morgan fingerprint density at radius 3 is 3.00 bits per heavy atom. The summed E-state index contributed by atoms with van der Waals surface area (Å²) in [5.74, 6) is -1.06. The molecule has 0 aliphatic carbocycles. The van der Waals surface area contributed by atoms with E-state index in [1.165, 1.54) is 6.20 Å². The third-order valence-corrected chi connectivity index (χ3v) is 1.63. The molecule has 5 nitrogen and oxygen atoms in total. The highest BCUT2D eigenvalue weighted by Crippen LogP contribution is 2.14. The molecule has 0 saturated carbocycles. The summed E-state index contributed by atoms with van der Waals surface area (Å²) in [7, 11) is 0. The third-order valence-electron chi connectivity index (χ3n) is 1.63. The van der Waals surface area contributed by atoms with E-state index < -0.39 is 5.97 Å². The fourth-order valence-electron chi connectivity index (χ4n) is 1.04. The predicted molar refractivity (Wildman–Crippen MR) is 37.5 cm³/mol. The number of nitrogens with zero attached hydrogens (tertiary/aromatic N) is 2. The van der Waals surface area contributed by atoms with E-state index in [0.717, 1.165) is 5.69 Å². The molecule has 5 heteroatoms. The second-order valence-corrected chi connectivity index (χ2v) is 2.45. The summed E-state index contributed by atoms with van der Waals surface area (Å²) < 4.78 is 5.03. The monoisotopic (exact) mass is 166 g/mol. The highest BCUT2D eigenvalue weighted by molar-refractivity contribution is 5.84. The van der Waals surface area contributed by atoms with Gasteiger partial charge in [0.1, 0.15) is 0 Å². The molecule has 0 bridgehead atoms. The molecule has 1 aliphatic rings. The van der Waals surface area contributed by atoms with Crippen molar-refractivity contribution in [3.63, 3.8) is 0 Å². The molecule has 12 heavy (non-hydrogen) atoms. The summed E-state index contributed by atoms with van der Waals surface area (Å²) >= 11 is 0. The highest BCUT2D eigenvalue weighted by Gasteiger charge is 2.16. The Balaban J connectivity index is 2.45. The number of fused-ring (bicyclic) bond motifs is 1. The van der Waals surface area contributed by atoms with Crippen LogP contribution < -0.4 is 0 Å². The van der Waals surface area contributed by atoms with Crippen molar-refractivity contribution in [1.82, 2.24) is 9.97 Å². The Bertz CT molecular complexity index is 337. The number of aromatic nitrogens is 2. The van der Waals surface area contributed by atoms with E-state index in [1.807, 2.05) is 0 Å². The SMILES string of the molecule is O=C(O)c1cnc2c(n1)COC2. The van der Waals surface area contributed by atoms with Gasteiger partial charge < -0.3 is 9.84 Å². The van der Waals surface area contributed by atoms with Crippen LogP contribution in [0.2, 0.25) is 0 Å². The van der Waals surface area contributed by atoms with Crippen molar-refractivity contribution in [2.45, 2.75) is 13.2 Å². The fraction of sp³-hybridized carbons (Fsp3) is 0.286. The lowest BCUT2D eigenvalue weighted by Crippen LogP contribution is -2.04. The number of aromatic carboxylic acids is 1. The van der Waals surface area contributed by atoms with Gasteiger partial charge >= 0.3 is 5.97 Å². The van der Waals surface area contributed by atoms with Gasteiger partial charge in [-0.15, -0.1) is 0 Å². The second kappa shape index (κ2) is 2.53. The number of carbonyl (C=O) groups is 1. The summed E-state index contributed by atoms with van der Waals surface area (Å²) in [6.07, 6.45) is 1.25. The van der Waals surface area contributed by atoms with E-state index in [1.54, 1.807) is 0 Å². The first-order chi connectivity index (χ1) is 5.77. The zero-order valence-corrected chi connectivity index (χ0v) is 6.15. The summed E-state index contributed by atoms with van der Waals surface area (Å²) in [6.45, 7) is 0.797. The van der Waals surface area contributed by atoms with Crippen molar-refractivity contribution < 1.29 is 14.6 Å². The molecule has 62 valence electrons. The van der Waals surface area contributed by atoms with Crippen molar-refractivity contribution in [2.75, 3.05) is 0 Å². The summed E-state index contributed by atoms with van der Waals surface area (Å²) in [6, 6.07) is 0. The molecule has 0 aromatic carbocycles. The van der Waals surface area contributed by atoms with Gasteiger partial charge in [0.05, 0.1) is 30.8 Å². The van der Waals surface area contributed by atoms with Crippen LogP contribution in [0.25, 0.3) is 0 Å². The van der Waals surface area contributed by atoms with Crippen LogP contribution in [0.3, 0.4) is 0 Å². The standard InChI is InChI=1S/C7H6N2O3/c10-7(11)4-1-8-5-2-12-3-6(5)9-4/h1H,2-3H2,(H,10,11). The van der Waals surface area contributed by atoms with Crippen molar-refractivity contribution in [3.05, 3.63) is 23.3 Å². The molecule has 2 rings (SSSR count). The van der Waals surface area contributed by atoms with Crippen molar-refractivity contribution in [1.29, 1.82) is 0 Å². The number of hydrogen-bond acceptors (Lipinski definition) is 4. The molecule has 1 aromatic rings. The van der Waals surface area contributed by atoms with Crippen LogP contribution in [-0.4, -0.2) is 21.0 Å². The molecular formula is C7H6N2O3. The van der Waals surface area contributed by atoms with Gasteiger partial charge in [-0.25, -0.2) is 9.78 Å². The summed E-state index contributed by atoms with van der Waals surface area (Å²) in [5, 5.41) is 8.57. The van der Waals surface area contributed by atoms with Crippen LogP contribution >= 0.6 is 0 Å². The lowest BCUT2D eigenvalue weighted by molar-refractivity contribution is 0.0689. The van der Waals surface area contributed by atoms with Crippen LogP contribution in [-0.2, 0) is 18.0 Å². The first-order valence-electron chi connectivity index (χ1n) is 3.43. The van der Waals surface area contributed by atoms with Crippen molar-refractivity contribution in [3.8, 4) is 0 Å². The number of carboxylic acids is 1. The van der Waals surface area contributed by atoms with Crippen LogP contribution in [0.1, 0.15) is 21.9 Å². The molecule has 1 aromatic heterocycles. The normalized spacial score (nSPS) is 14.3. The van der Waals surface area contributed by atoms with E-state index >= 15 is 0 Å². The molecule has 0 unspecified atom stereocenters. The maximum atomic E-state index is 10.5. The van der Waals surface area contributed by atoms with Crippen LogP contribution in [0.4, 0.5) is 0 Å². The zero-order chi connectivity index (χ0) is 8.55. The predicted octanol–water partition coefficient (Wildman–Crippen LogP) is 0.205. The topological polar surface area (TPSA) is 72.3 Å². The molecule has 0 spiro atoms. The van der Waals surface area contributed by atoms with E-state index in [0.29, 0.717) is 18.9 Å². The Kier molecular flexibility index (Phi) is 1.51. The van der Waals surface area contributed by atoms with E-state index in [2.05, 4.69) is 9.97 Å². The number of carboxylic acid groups (broad SMARTS) is 1. The molecular weight excluding hydrogens is 160 g/mol. The van der Waals surface area contributed by atoms with Gasteiger partial charge in [-0.3, -0.25) is 4.98 Å². The average Bonchev–Trinajstić information content (AvgIpc) is 2.49. The minimum Gasteiger partial charge on any atom is -0.476 e. The molecule has 0 radical (unpaired) electrons. The summed E-state index contributed by atoms with van der Waals surface area (Å²) in [5.41, 5.74) is 1.34. The fourth-order valence-corrected chi connectivity index (χ4v) is 1.04. The Morgan fingerprint density at radius 2 is 2.25 bits per heavy atom. The first kappa shape index (κ1) is 7.17. The highest BCUT2D eigenvalue weighted by atomic mass is 16.5. The van der Waals surface area contributed by atoms with Crippen molar-refractivity contribution >= 4 is 5.97 Å². The smallest absolute Gasteiger partial charge is 0.356 e. The van der Waals surface area contributed by atoms with Gasteiger partial charge in [-0.1, -0.05) is 0 Å². The van der Waals surface area contributed by atoms with Gasteiger partial charge in [0, 0.05) is 0 Å². The lowest BCUT2D eigenvalue weighted by atomic mass is 10.3. The molecule has 0 amide bonds. The quantitative estimate of drug-likeness (QED) is 0.645. The summed E-state index contributed by atoms with van der Waals surface area (Å²) in [4.78, 5) is 18.2. The average molecular weight is 166 g/mol. The first-order valence-corrected chi connectivity index (χ1v) is 3.43. The number of rotatable bonds is 1. The van der Waals surface area contributed by atoms with E-state index in [-0.39, 0.29) is 5.69 Å². The molecule has 1 N–H and O–H groups in total. The Hall–Kier alpha value is -1.49. The van der Waals surface area contributed by atoms with Crippen LogP contribution in [0.5, 0.6) is 0 Å². The maximum Gasteiger partial charge on any atom is 0.356 e. The van der Waals surface area contributed by atoms with Crippen molar-refractivity contribution in [2.24, 2.45) is 0 Å². The Morgan fingerprint density at radius 1 is 1.50 bits per heavy atom. The maximum absolute atomic E-state index is 10.5. The zero-order valence-electron chi connectivity index (χ0n) is 6.15. The molecule has 0 fully saturated rings. The minimum atomic E-state index is -1.06. The largest absolute Gasteiger partial charge is 0.476 e. The second-order valence-electron chi connectivity index (χ2n) is 2.45. The van der Waals surface area contributed by atoms with Gasteiger partial charge in [0.2, 0.25) is 0 Å². The molecule has 1 aliphatic heterocycles. The van der Waals surface area contributed by atoms with E-state index in [9.17, 15) is 4.79 Å². The Labute approximate surface area is 68.0 Å². The van der Waals surface area contributed by atoms with E-state index in [4.69, 9.17) is 9.84 Å². The molecule has 2 heterocycles. The van der Waals surface area contributed by atoms with Gasteiger partial charge in [0.15, 0.2) is 5.69 Å². The van der Waals surface area contributed by atoms with Crippen LogP contribution in [0.15, 0.2) is 6.20 Å². The third kappa shape index (κ3) is 1.04. The molecule has 0 atom stereocenters. The van der Waals surface area contributed by atoms with Gasteiger partial charge in [-0.05, 0) is 0 Å². The molecule has 0 saturated heterocycles. The van der Waals surface area contributed by atoms with Gasteiger partial charge in [0.25, 0.3) is 0 Å². The minimum absolute atomic E-state index is 0.0285. The van der Waals surface area contributed by atoms with Gasteiger partial charge in [-0.2, -0.15) is 0 Å². The van der Waals surface area contributed by atoms with Crippen LogP contribution in [0, 0.1) is 0 Å². The number of ether oxygens (including phenoxy) is 1. The number of hydrogen-bond donors (Lipinski definition) is 1.